The first kappa shape index (κ1) is 48.4. The van der Waals surface area contributed by atoms with Gasteiger partial charge in [0.25, 0.3) is 7.82 Å². The Bertz CT molecular complexity index is 702. The van der Waals surface area contributed by atoms with Crippen LogP contribution in [0.1, 0.15) is 200 Å². The van der Waals surface area contributed by atoms with Gasteiger partial charge in [0.15, 0.2) is 0 Å². The summed E-state index contributed by atoms with van der Waals surface area (Å²) in [5, 5.41) is 0. The van der Waals surface area contributed by atoms with Crippen molar-refractivity contribution in [2.75, 3.05) is 45.9 Å². The van der Waals surface area contributed by atoms with E-state index in [0.29, 0.717) is 10.9 Å². The Labute approximate surface area is 304 Å². The molecular weight excluding hydrogens is 637 g/mol. The third-order valence-corrected chi connectivity index (χ3v) is 11.5. The first-order chi connectivity index (χ1) is 23.1. The van der Waals surface area contributed by atoms with Crippen molar-refractivity contribution in [1.29, 1.82) is 0 Å². The molecule has 3 unspecified atom stereocenters. The second kappa shape index (κ2) is 34.5. The molecule has 0 saturated heterocycles. The maximum atomic E-state index is 11.3. The number of phosphoric ester groups is 1. The molecule has 0 aromatic carbocycles. The van der Waals surface area contributed by atoms with Crippen LogP contribution in [0, 0.1) is 0 Å². The van der Waals surface area contributed by atoms with Crippen LogP contribution in [0.3, 0.4) is 0 Å². The highest BCUT2D eigenvalue weighted by molar-refractivity contribution is 7.99. The number of phosphoric acid groups is 1. The molecule has 0 aromatic rings. The van der Waals surface area contributed by atoms with Gasteiger partial charge < -0.3 is 23.5 Å². The summed E-state index contributed by atoms with van der Waals surface area (Å²) in [6, 6.07) is -0.0811. The number of hydrogen-bond acceptors (Lipinski definition) is 5. The molecule has 48 heavy (non-hydrogen) atoms. The molecule has 0 saturated carbocycles. The van der Waals surface area contributed by atoms with Gasteiger partial charge in [-0.3, -0.25) is 4.57 Å². The van der Waals surface area contributed by atoms with E-state index in [-0.39, 0.29) is 18.8 Å². The average molecular weight is 722 g/mol. The first-order valence-corrected chi connectivity index (χ1v) is 23.4. The van der Waals surface area contributed by atoms with E-state index in [1.165, 1.54) is 173 Å². The summed E-state index contributed by atoms with van der Waals surface area (Å²) in [5.74, 6) is 2.07. The van der Waals surface area contributed by atoms with Gasteiger partial charge in [-0.05, 0) is 18.6 Å². The molecule has 0 aliphatic rings. The molecular formula is C40H84NO5PS. The van der Waals surface area contributed by atoms with Gasteiger partial charge in [0, 0.05) is 18.8 Å². The third kappa shape index (κ3) is 36.2. The molecule has 8 heteroatoms. The molecule has 0 rings (SSSR count). The van der Waals surface area contributed by atoms with Crippen molar-refractivity contribution >= 4 is 19.6 Å². The van der Waals surface area contributed by atoms with Crippen LogP contribution in [0.5, 0.6) is 0 Å². The Kier molecular flexibility index (Phi) is 34.7. The maximum absolute atomic E-state index is 11.3. The molecule has 0 radical (unpaired) electrons. The zero-order chi connectivity index (χ0) is 35.6. The Morgan fingerprint density at radius 1 is 0.604 bits per heavy atom. The number of ether oxygens (including phenoxy) is 1. The van der Waals surface area contributed by atoms with Gasteiger partial charge in [-0.15, -0.1) is 0 Å². The topological polar surface area (TPSA) is 78.8 Å². The highest BCUT2D eigenvalue weighted by Gasteiger charge is 2.29. The Hall–Kier alpha value is 0.380. The lowest BCUT2D eigenvalue weighted by atomic mass is 10.0. The molecule has 6 nitrogen and oxygen atoms in total. The van der Waals surface area contributed by atoms with E-state index < -0.39 is 7.82 Å². The zero-order valence-electron chi connectivity index (χ0n) is 32.9. The minimum absolute atomic E-state index is 0.0247. The van der Waals surface area contributed by atoms with Gasteiger partial charge in [-0.2, -0.15) is 11.8 Å². The number of quaternary nitrogens is 1. The molecule has 3 atom stereocenters. The number of thioether (sulfide) groups is 1. The van der Waals surface area contributed by atoms with Gasteiger partial charge in [-0.25, -0.2) is 0 Å². The zero-order valence-corrected chi connectivity index (χ0v) is 34.6. The molecule has 0 bridgehead atoms. The van der Waals surface area contributed by atoms with Crippen LogP contribution in [0.2, 0.25) is 0 Å². The molecule has 0 aliphatic heterocycles. The van der Waals surface area contributed by atoms with Crippen LogP contribution < -0.4 is 4.89 Å². The minimum atomic E-state index is -4.75. The van der Waals surface area contributed by atoms with E-state index in [0.717, 1.165) is 24.5 Å². The van der Waals surface area contributed by atoms with E-state index in [2.05, 4.69) is 13.8 Å². The highest BCUT2D eigenvalue weighted by Crippen LogP contribution is 2.32. The molecule has 0 aromatic heterocycles. The largest absolute Gasteiger partial charge is 0.756 e. The van der Waals surface area contributed by atoms with Crippen LogP contribution in [-0.2, 0) is 13.8 Å². The molecule has 1 N–H and O–H groups in total. The fourth-order valence-electron chi connectivity index (χ4n) is 6.44. The Balaban J connectivity index is 4.23. The summed E-state index contributed by atoms with van der Waals surface area (Å²) in [4.78, 5) is 20.5. The van der Waals surface area contributed by atoms with Gasteiger partial charge in [0.1, 0.15) is 12.6 Å². The van der Waals surface area contributed by atoms with Gasteiger partial charge >= 0.3 is 0 Å². The van der Waals surface area contributed by atoms with E-state index in [9.17, 15) is 14.4 Å². The minimum Gasteiger partial charge on any atom is -0.756 e. The number of likely N-dealkylation sites (N-methyl/N-ethyl adjacent to an activating group) is 1. The van der Waals surface area contributed by atoms with Crippen LogP contribution in [0.4, 0.5) is 0 Å². The van der Waals surface area contributed by atoms with E-state index in [1.807, 2.05) is 32.9 Å². The van der Waals surface area contributed by atoms with E-state index in [1.54, 1.807) is 0 Å². The van der Waals surface area contributed by atoms with E-state index in [4.69, 9.17) is 9.26 Å². The second-order valence-corrected chi connectivity index (χ2v) is 17.9. The summed E-state index contributed by atoms with van der Waals surface area (Å²) in [5.41, 5.74) is 0. The highest BCUT2D eigenvalue weighted by atomic mass is 32.2. The smallest absolute Gasteiger partial charge is 0.265 e. The fourth-order valence-corrected chi connectivity index (χ4v) is 7.87. The summed E-state index contributed by atoms with van der Waals surface area (Å²) < 4.78 is 23.2. The number of nitrogens with zero attached hydrogens (tertiary/aromatic N) is 1. The van der Waals surface area contributed by atoms with Crippen LogP contribution in [-0.4, -0.2) is 67.4 Å². The molecule has 290 valence electrons. The van der Waals surface area contributed by atoms with Crippen LogP contribution >= 0.6 is 19.6 Å². The first-order valence-electron chi connectivity index (χ1n) is 20.8. The number of hydrogen-bond donors (Lipinski definition) is 1. The summed E-state index contributed by atoms with van der Waals surface area (Å²) in [6.45, 7) is 5.30. The van der Waals surface area contributed by atoms with Crippen LogP contribution in [0.25, 0.3) is 0 Å². The molecule has 0 aliphatic carbocycles. The molecule has 0 amide bonds. The average Bonchev–Trinajstić information content (AvgIpc) is 3.03. The quantitative estimate of drug-likeness (QED) is 0.0387. The lowest BCUT2D eigenvalue weighted by molar-refractivity contribution is -0.897. The second-order valence-electron chi connectivity index (χ2n) is 15.5. The van der Waals surface area contributed by atoms with Crippen molar-refractivity contribution in [3.05, 3.63) is 0 Å². The molecule has 0 heterocycles. The van der Waals surface area contributed by atoms with Crippen molar-refractivity contribution in [2.45, 2.75) is 212 Å². The van der Waals surface area contributed by atoms with E-state index >= 15 is 0 Å². The van der Waals surface area contributed by atoms with Gasteiger partial charge in [-0.1, -0.05) is 181 Å². The van der Waals surface area contributed by atoms with Crippen molar-refractivity contribution in [2.24, 2.45) is 0 Å². The van der Waals surface area contributed by atoms with Gasteiger partial charge in [0.05, 0.1) is 27.2 Å². The third-order valence-electron chi connectivity index (χ3n) is 9.86. The predicted molar refractivity (Wildman–Crippen MR) is 210 cm³/mol. The molecule has 0 spiro atoms. The summed E-state index contributed by atoms with van der Waals surface area (Å²) in [7, 11) is 1.40. The maximum Gasteiger partial charge on any atom is 0.265 e. The summed E-state index contributed by atoms with van der Waals surface area (Å²) >= 11 is 1.97. The Morgan fingerprint density at radius 2 is 0.958 bits per heavy atom. The number of rotatable bonds is 39. The van der Waals surface area contributed by atoms with Crippen LogP contribution in [0.15, 0.2) is 0 Å². The lowest BCUT2D eigenvalue weighted by Crippen LogP contribution is -2.49. The SMILES string of the molecule is CCCCCCCCCCCCCCCCOC(CSCCCCCCCCCCCCCCCC)CC(COP(=O)([O-])O)[N+](C)(C)C. The normalized spacial score (nSPS) is 14.7. The summed E-state index contributed by atoms with van der Waals surface area (Å²) in [6.07, 6.45) is 38.9. The lowest BCUT2D eigenvalue weighted by Gasteiger charge is -2.36. The number of unbranched alkanes of at least 4 members (excludes halogenated alkanes) is 26. The monoisotopic (exact) mass is 722 g/mol. The predicted octanol–water partition coefficient (Wildman–Crippen LogP) is 12.0. The van der Waals surface area contributed by atoms with Crippen molar-refractivity contribution in [3.8, 4) is 0 Å². The fraction of sp³-hybridized carbons (Fsp3) is 1.00. The standard InChI is InChI=1S/C40H84NO5PS/c1-6-8-10-12-14-16-18-20-22-24-26-28-30-32-34-45-40(36-39(41(3,4)5)37-46-47(42,43)44)38-48-35-33-31-29-27-25-23-21-19-17-15-13-11-9-7-2/h39-40H,6-38H2,1-5H3,(H-,42,43,44). The Morgan fingerprint density at radius 3 is 1.31 bits per heavy atom. The molecule has 0 fully saturated rings. The van der Waals surface area contributed by atoms with Crippen molar-refractivity contribution in [1.82, 2.24) is 0 Å². The van der Waals surface area contributed by atoms with Gasteiger partial charge in [0.2, 0.25) is 0 Å². The van der Waals surface area contributed by atoms with Crippen molar-refractivity contribution in [3.63, 3.8) is 0 Å². The van der Waals surface area contributed by atoms with Crippen molar-refractivity contribution < 1.29 is 28.1 Å².